The molecule has 2 rings (SSSR count). The molecule has 0 saturated heterocycles. The minimum absolute atomic E-state index is 0.0518. The zero-order valence-electron chi connectivity index (χ0n) is 9.48. The van der Waals surface area contributed by atoms with Crippen molar-refractivity contribution in [3.8, 4) is 0 Å². The van der Waals surface area contributed by atoms with Gasteiger partial charge in [0, 0.05) is 5.69 Å². The van der Waals surface area contributed by atoms with Crippen molar-refractivity contribution >= 4 is 21.6 Å². The van der Waals surface area contributed by atoms with Crippen LogP contribution in [0.1, 0.15) is 24.3 Å². The maximum atomic E-state index is 9.06. The van der Waals surface area contributed by atoms with E-state index in [2.05, 4.69) is 21.2 Å². The molecule has 2 aromatic rings. The molecular formula is C13H14BrNO2. The molecular weight excluding hydrogens is 282 g/mol. The van der Waals surface area contributed by atoms with Crippen molar-refractivity contribution in [2.75, 3.05) is 5.32 Å². The average Bonchev–Trinajstić information content (AvgIpc) is 2.76. The maximum absolute atomic E-state index is 9.06. The highest BCUT2D eigenvalue weighted by Gasteiger charge is 2.09. The van der Waals surface area contributed by atoms with Crippen LogP contribution in [0.25, 0.3) is 0 Å². The van der Waals surface area contributed by atoms with E-state index in [1.54, 1.807) is 0 Å². The second-order valence-electron chi connectivity index (χ2n) is 3.87. The minimum Gasteiger partial charge on any atom is -0.452 e. The van der Waals surface area contributed by atoms with Gasteiger partial charge in [0.25, 0.3) is 0 Å². The molecule has 2 N–H and O–H groups in total. The number of hydrogen-bond donors (Lipinski definition) is 2. The summed E-state index contributed by atoms with van der Waals surface area (Å²) in [5, 5.41) is 12.4. The summed E-state index contributed by atoms with van der Waals surface area (Å²) in [6.45, 7) is 2.08. The van der Waals surface area contributed by atoms with Gasteiger partial charge in [-0.2, -0.15) is 0 Å². The summed E-state index contributed by atoms with van der Waals surface area (Å²) >= 11 is 3.28. The summed E-state index contributed by atoms with van der Waals surface area (Å²) in [5.74, 6) is 0.867. The first-order chi connectivity index (χ1) is 8.19. The minimum atomic E-state index is 0.0518. The van der Waals surface area contributed by atoms with E-state index in [1.807, 2.05) is 43.3 Å². The van der Waals surface area contributed by atoms with Gasteiger partial charge in [-0.15, -0.1) is 0 Å². The predicted octanol–water partition coefficient (Wildman–Crippen LogP) is 3.71. The van der Waals surface area contributed by atoms with Crippen LogP contribution in [-0.4, -0.2) is 5.11 Å². The number of aliphatic hydroxyl groups is 1. The van der Waals surface area contributed by atoms with E-state index in [0.717, 1.165) is 21.7 Å². The number of aliphatic hydroxyl groups excluding tert-OH is 1. The summed E-state index contributed by atoms with van der Waals surface area (Å²) in [4.78, 5) is 0. The molecule has 0 fully saturated rings. The molecule has 17 heavy (non-hydrogen) atoms. The van der Waals surface area contributed by atoms with Crippen molar-refractivity contribution in [3.05, 3.63) is 52.4 Å². The Morgan fingerprint density at radius 3 is 2.82 bits per heavy atom. The summed E-state index contributed by atoms with van der Waals surface area (Å²) in [7, 11) is 0. The quantitative estimate of drug-likeness (QED) is 0.904. The third kappa shape index (κ3) is 3.11. The number of rotatable bonds is 4. The molecule has 1 aromatic heterocycles. The average molecular weight is 296 g/mol. The van der Waals surface area contributed by atoms with Crippen molar-refractivity contribution in [1.29, 1.82) is 0 Å². The topological polar surface area (TPSA) is 45.4 Å². The highest BCUT2D eigenvalue weighted by molar-refractivity contribution is 9.10. The van der Waals surface area contributed by atoms with Crippen molar-refractivity contribution < 1.29 is 9.52 Å². The maximum Gasteiger partial charge on any atom is 0.169 e. The fourth-order valence-corrected chi connectivity index (χ4v) is 1.96. The summed E-state index contributed by atoms with van der Waals surface area (Å²) in [6.07, 6.45) is 0. The molecule has 1 unspecified atom stereocenters. The van der Waals surface area contributed by atoms with Crippen LogP contribution in [0.5, 0.6) is 0 Å². The third-order valence-corrected chi connectivity index (χ3v) is 2.94. The largest absolute Gasteiger partial charge is 0.452 e. The molecule has 1 aromatic carbocycles. The number of furan rings is 1. The van der Waals surface area contributed by atoms with Crippen molar-refractivity contribution in [3.63, 3.8) is 0 Å². The van der Waals surface area contributed by atoms with Gasteiger partial charge in [-0.25, -0.2) is 0 Å². The second-order valence-corrected chi connectivity index (χ2v) is 4.65. The Kier molecular flexibility index (Phi) is 3.86. The van der Waals surface area contributed by atoms with Gasteiger partial charge in [0.2, 0.25) is 0 Å². The summed E-state index contributed by atoms with van der Waals surface area (Å²) in [6, 6.07) is 11.6. The lowest BCUT2D eigenvalue weighted by atomic mass is 10.2. The zero-order chi connectivity index (χ0) is 12.3. The highest BCUT2D eigenvalue weighted by Crippen LogP contribution is 2.24. The lowest BCUT2D eigenvalue weighted by Gasteiger charge is -2.13. The zero-order valence-corrected chi connectivity index (χ0v) is 11.1. The first-order valence-corrected chi connectivity index (χ1v) is 6.20. The molecule has 0 bridgehead atoms. The molecule has 0 aliphatic heterocycles. The van der Waals surface area contributed by atoms with Crippen molar-refractivity contribution in [2.24, 2.45) is 0 Å². The fraction of sp³-hybridized carbons (Fsp3) is 0.231. The Balaban J connectivity index is 2.09. The van der Waals surface area contributed by atoms with Gasteiger partial charge in [-0.05, 0) is 52.7 Å². The monoisotopic (exact) mass is 295 g/mol. The number of hydrogen-bond acceptors (Lipinski definition) is 3. The number of halogens is 1. The Labute approximate surface area is 109 Å². The summed E-state index contributed by atoms with van der Waals surface area (Å²) < 4.78 is 6.21. The van der Waals surface area contributed by atoms with Crippen LogP contribution >= 0.6 is 15.9 Å². The number of anilines is 1. The Bertz CT molecular complexity index is 496. The number of benzene rings is 1. The Hall–Kier alpha value is -1.26. The van der Waals surface area contributed by atoms with Crippen LogP contribution in [-0.2, 0) is 6.61 Å². The van der Waals surface area contributed by atoms with E-state index < -0.39 is 0 Å². The van der Waals surface area contributed by atoms with E-state index in [1.165, 1.54) is 0 Å². The number of nitrogens with one attached hydrogen (secondary N) is 1. The van der Waals surface area contributed by atoms with Crippen LogP contribution in [0, 0.1) is 0 Å². The summed E-state index contributed by atoms with van der Waals surface area (Å²) in [5.41, 5.74) is 1.86. The highest BCUT2D eigenvalue weighted by atomic mass is 79.9. The molecule has 0 spiro atoms. The molecule has 1 heterocycles. The van der Waals surface area contributed by atoms with E-state index in [-0.39, 0.29) is 12.6 Å². The molecule has 3 nitrogen and oxygen atoms in total. The van der Waals surface area contributed by atoms with E-state index >= 15 is 0 Å². The van der Waals surface area contributed by atoms with Crippen molar-refractivity contribution in [2.45, 2.75) is 19.6 Å². The molecule has 4 heteroatoms. The van der Waals surface area contributed by atoms with Crippen molar-refractivity contribution in [1.82, 2.24) is 0 Å². The molecule has 0 aliphatic carbocycles. The fourth-order valence-electron chi connectivity index (χ4n) is 1.64. The van der Waals surface area contributed by atoms with Gasteiger partial charge in [0.1, 0.15) is 5.76 Å². The van der Waals surface area contributed by atoms with Crippen LogP contribution in [0.4, 0.5) is 5.69 Å². The van der Waals surface area contributed by atoms with Crippen LogP contribution in [0.3, 0.4) is 0 Å². The molecule has 0 radical (unpaired) electrons. The van der Waals surface area contributed by atoms with Gasteiger partial charge < -0.3 is 14.8 Å². The third-order valence-electron chi connectivity index (χ3n) is 2.51. The molecule has 1 atom stereocenters. The van der Waals surface area contributed by atoms with Crippen LogP contribution in [0.15, 0.2) is 45.5 Å². The first kappa shape index (κ1) is 12.2. The van der Waals surface area contributed by atoms with Gasteiger partial charge in [-0.1, -0.05) is 12.1 Å². The smallest absolute Gasteiger partial charge is 0.169 e. The molecule has 0 saturated carbocycles. The first-order valence-electron chi connectivity index (χ1n) is 5.40. The lowest BCUT2D eigenvalue weighted by Crippen LogP contribution is -2.05. The predicted molar refractivity (Wildman–Crippen MR) is 70.8 cm³/mol. The van der Waals surface area contributed by atoms with Crippen LogP contribution in [0.2, 0.25) is 0 Å². The van der Waals surface area contributed by atoms with Crippen LogP contribution < -0.4 is 5.32 Å². The van der Waals surface area contributed by atoms with Gasteiger partial charge in [0.05, 0.1) is 12.6 Å². The van der Waals surface area contributed by atoms with E-state index in [9.17, 15) is 0 Å². The lowest BCUT2D eigenvalue weighted by molar-refractivity contribution is 0.282. The van der Waals surface area contributed by atoms with Gasteiger partial charge >= 0.3 is 0 Å². The standard InChI is InChI=1S/C13H14BrNO2/c1-9(12-5-6-13(14)17-12)15-11-4-2-3-10(7-11)8-16/h2-7,9,15-16H,8H2,1H3. The van der Waals surface area contributed by atoms with Gasteiger partial charge in [-0.3, -0.25) is 0 Å². The Morgan fingerprint density at radius 1 is 1.35 bits per heavy atom. The molecule has 90 valence electrons. The van der Waals surface area contributed by atoms with E-state index in [4.69, 9.17) is 9.52 Å². The second kappa shape index (κ2) is 5.38. The Morgan fingerprint density at radius 2 is 2.18 bits per heavy atom. The molecule has 0 amide bonds. The normalized spacial score (nSPS) is 12.4. The molecule has 0 aliphatic rings. The SMILES string of the molecule is CC(Nc1cccc(CO)c1)c1ccc(Br)o1. The van der Waals surface area contributed by atoms with Gasteiger partial charge in [0.15, 0.2) is 4.67 Å². The van der Waals surface area contributed by atoms with E-state index in [0.29, 0.717) is 0 Å².